The lowest BCUT2D eigenvalue weighted by Crippen LogP contribution is -2.56. The normalized spacial score (nSPS) is 19.7. The number of benzene rings is 2. The number of imidazole rings is 1. The summed E-state index contributed by atoms with van der Waals surface area (Å²) in [4.78, 5) is 42.3. The quantitative estimate of drug-likeness (QED) is 0.179. The third-order valence-electron chi connectivity index (χ3n) is 9.17. The van der Waals surface area contributed by atoms with E-state index in [2.05, 4.69) is 37.2 Å². The van der Waals surface area contributed by atoms with Gasteiger partial charge in [-0.05, 0) is 49.6 Å². The number of carbonyl (C=O) groups is 2. The van der Waals surface area contributed by atoms with Crippen molar-refractivity contribution in [1.29, 1.82) is 0 Å². The highest BCUT2D eigenvalue weighted by Gasteiger charge is 2.34. The Morgan fingerprint density at radius 1 is 1.02 bits per heavy atom. The summed E-state index contributed by atoms with van der Waals surface area (Å²) in [6, 6.07) is 12.7. The Labute approximate surface area is 299 Å². The Morgan fingerprint density at radius 2 is 1.75 bits per heavy atom. The molecular formula is C37H41ClF3N7O3. The van der Waals surface area contributed by atoms with Crippen molar-refractivity contribution >= 4 is 34.9 Å². The number of hydrogen-bond donors (Lipinski definition) is 3. The Hall–Kier alpha value is -4.62. The smallest absolute Gasteiger partial charge is 0.405 e. The SMILES string of the molecule is CC1CN(C(=O)C(C)(C)C)CCN1c1ccc(C(=O)Nc2cc(OC(F)(F)F)c(-c3ccc(-c4c[nH]c([C@@H]5C[C@H](C)CN5)n4)cc3)cc2Cl)cn1. The average Bonchev–Trinajstić information content (AvgIpc) is 3.74. The Kier molecular flexibility index (Phi) is 10.1. The van der Waals surface area contributed by atoms with Gasteiger partial charge in [0.25, 0.3) is 5.91 Å². The summed E-state index contributed by atoms with van der Waals surface area (Å²) >= 11 is 6.54. The molecule has 2 aromatic heterocycles. The molecule has 2 aromatic carbocycles. The summed E-state index contributed by atoms with van der Waals surface area (Å²) in [6.45, 7) is 12.5. The Bertz CT molecular complexity index is 1890. The van der Waals surface area contributed by atoms with Gasteiger partial charge in [-0.25, -0.2) is 9.97 Å². The van der Waals surface area contributed by atoms with Crippen LogP contribution in [-0.2, 0) is 4.79 Å². The van der Waals surface area contributed by atoms with E-state index < -0.39 is 23.4 Å². The average molecular weight is 724 g/mol. The number of halogens is 4. The summed E-state index contributed by atoms with van der Waals surface area (Å²) in [5.41, 5.74) is 1.68. The fraction of sp³-hybridized carbons (Fsp3) is 0.405. The molecule has 0 saturated carbocycles. The van der Waals surface area contributed by atoms with Gasteiger partial charge in [0.05, 0.1) is 28.0 Å². The van der Waals surface area contributed by atoms with Crippen LogP contribution in [0, 0.1) is 11.3 Å². The fourth-order valence-electron chi connectivity index (χ4n) is 6.53. The number of hydrogen-bond acceptors (Lipinski definition) is 7. The van der Waals surface area contributed by atoms with E-state index in [0.717, 1.165) is 30.4 Å². The standard InChI is InChI=1S/C37H41ClF3N7O3/c1-21-14-29(42-17-21)33-44-19-30(45-33)24-8-6-23(7-9-24)26-15-27(38)28(16-31(26)51-37(39,40)41)46-34(49)25-10-11-32(43-18-25)48-13-12-47(20-22(48)2)35(50)36(3,4)5/h6-11,15-16,18-19,21-22,29,42H,12-14,17,20H2,1-5H3,(H,44,45)(H,46,49)/t21-,22?,29-/m0/s1. The molecule has 3 N–H and O–H groups in total. The first kappa shape index (κ1) is 36.2. The van der Waals surface area contributed by atoms with Gasteiger partial charge < -0.3 is 30.2 Å². The van der Waals surface area contributed by atoms with Crippen LogP contribution in [0.25, 0.3) is 22.4 Å². The minimum Gasteiger partial charge on any atom is -0.405 e. The van der Waals surface area contributed by atoms with Crippen molar-refractivity contribution in [2.24, 2.45) is 11.3 Å². The molecule has 2 amide bonds. The van der Waals surface area contributed by atoms with Gasteiger partial charge >= 0.3 is 6.36 Å². The zero-order valence-electron chi connectivity index (χ0n) is 29.1. The molecule has 3 atom stereocenters. The van der Waals surface area contributed by atoms with Gasteiger partial charge in [0.15, 0.2) is 0 Å². The molecule has 10 nitrogen and oxygen atoms in total. The van der Waals surface area contributed by atoms with Crippen LogP contribution >= 0.6 is 11.6 Å². The van der Waals surface area contributed by atoms with Crippen molar-refractivity contribution in [3.05, 3.63) is 77.3 Å². The van der Waals surface area contributed by atoms with Crippen LogP contribution in [0.3, 0.4) is 0 Å². The topological polar surface area (TPSA) is 115 Å². The maximum Gasteiger partial charge on any atom is 0.573 e. The monoisotopic (exact) mass is 723 g/mol. The number of nitrogens with zero attached hydrogens (tertiary/aromatic N) is 4. The molecule has 0 bridgehead atoms. The lowest BCUT2D eigenvalue weighted by Gasteiger charge is -2.42. The molecule has 0 radical (unpaired) electrons. The third-order valence-corrected chi connectivity index (χ3v) is 9.49. The lowest BCUT2D eigenvalue weighted by atomic mass is 9.94. The summed E-state index contributed by atoms with van der Waals surface area (Å²) in [6.07, 6.45) is -0.810. The van der Waals surface area contributed by atoms with Gasteiger partial charge in [-0.3, -0.25) is 9.59 Å². The number of carbonyl (C=O) groups excluding carboxylic acids is 2. The minimum atomic E-state index is -5.00. The maximum atomic E-state index is 13.6. The van der Waals surface area contributed by atoms with Crippen LogP contribution in [0.15, 0.2) is 60.9 Å². The van der Waals surface area contributed by atoms with Gasteiger partial charge in [-0.2, -0.15) is 0 Å². The summed E-state index contributed by atoms with van der Waals surface area (Å²) in [5, 5.41) is 6.06. The van der Waals surface area contributed by atoms with Crippen molar-refractivity contribution in [2.75, 3.05) is 36.4 Å². The summed E-state index contributed by atoms with van der Waals surface area (Å²) < 4.78 is 45.1. The maximum absolute atomic E-state index is 13.6. The van der Waals surface area contributed by atoms with Crippen LogP contribution in [0.5, 0.6) is 5.75 Å². The molecule has 51 heavy (non-hydrogen) atoms. The first-order chi connectivity index (χ1) is 24.1. The molecule has 4 aromatic rings. The van der Waals surface area contributed by atoms with E-state index in [1.165, 1.54) is 12.3 Å². The van der Waals surface area contributed by atoms with Gasteiger partial charge in [0.2, 0.25) is 5.91 Å². The van der Waals surface area contributed by atoms with Gasteiger partial charge in [-0.15, -0.1) is 13.2 Å². The van der Waals surface area contributed by atoms with Crippen molar-refractivity contribution < 1.29 is 27.5 Å². The Balaban J connectivity index is 1.17. The highest BCUT2D eigenvalue weighted by molar-refractivity contribution is 6.34. The molecule has 0 aliphatic carbocycles. The number of aromatic nitrogens is 3. The number of H-pyrrole nitrogens is 1. The van der Waals surface area contributed by atoms with Gasteiger partial charge in [0, 0.05) is 60.7 Å². The number of ether oxygens (including phenoxy) is 1. The largest absolute Gasteiger partial charge is 0.573 e. The lowest BCUT2D eigenvalue weighted by molar-refractivity contribution is -0.274. The molecular weight excluding hydrogens is 683 g/mol. The second kappa shape index (κ2) is 14.2. The number of amides is 2. The number of nitrogens with one attached hydrogen (secondary N) is 3. The Morgan fingerprint density at radius 3 is 2.35 bits per heavy atom. The van der Waals surface area contributed by atoms with Crippen molar-refractivity contribution in [3.8, 4) is 28.1 Å². The molecule has 2 fully saturated rings. The zero-order valence-corrected chi connectivity index (χ0v) is 29.8. The van der Waals surface area contributed by atoms with Gasteiger partial charge in [-0.1, -0.05) is 63.6 Å². The molecule has 2 saturated heterocycles. The van der Waals surface area contributed by atoms with Gasteiger partial charge in [0.1, 0.15) is 17.4 Å². The van der Waals surface area contributed by atoms with E-state index >= 15 is 0 Å². The van der Waals surface area contributed by atoms with Crippen molar-refractivity contribution in [3.63, 3.8) is 0 Å². The van der Waals surface area contributed by atoms with Crippen LogP contribution < -0.4 is 20.3 Å². The van der Waals surface area contributed by atoms with E-state index in [-0.39, 0.29) is 39.8 Å². The van der Waals surface area contributed by atoms with Crippen LogP contribution in [0.1, 0.15) is 63.3 Å². The number of rotatable bonds is 7. The first-order valence-electron chi connectivity index (χ1n) is 16.9. The van der Waals surface area contributed by atoms with Crippen LogP contribution in [0.4, 0.5) is 24.7 Å². The van der Waals surface area contributed by atoms with Crippen molar-refractivity contribution in [1.82, 2.24) is 25.2 Å². The second-order valence-electron chi connectivity index (χ2n) is 14.3. The summed E-state index contributed by atoms with van der Waals surface area (Å²) in [5.74, 6) is 0.998. The van der Waals surface area contributed by atoms with E-state index in [1.807, 2.05) is 38.8 Å². The molecule has 6 rings (SSSR count). The number of piperazine rings is 1. The highest BCUT2D eigenvalue weighted by atomic mass is 35.5. The zero-order chi connectivity index (χ0) is 36.7. The number of anilines is 2. The van der Waals surface area contributed by atoms with E-state index in [9.17, 15) is 22.8 Å². The number of alkyl halides is 3. The second-order valence-corrected chi connectivity index (χ2v) is 14.7. The van der Waals surface area contributed by atoms with E-state index in [4.69, 9.17) is 16.6 Å². The predicted octanol–water partition coefficient (Wildman–Crippen LogP) is 7.70. The van der Waals surface area contributed by atoms with Crippen molar-refractivity contribution in [2.45, 2.75) is 59.5 Å². The number of pyridine rings is 1. The summed E-state index contributed by atoms with van der Waals surface area (Å²) in [7, 11) is 0. The van der Waals surface area contributed by atoms with Crippen LogP contribution in [0.2, 0.25) is 5.02 Å². The molecule has 0 spiro atoms. The molecule has 2 aliphatic rings. The minimum absolute atomic E-state index is 0.000821. The van der Waals surface area contributed by atoms with Crippen LogP contribution in [-0.4, -0.2) is 70.2 Å². The predicted molar refractivity (Wildman–Crippen MR) is 191 cm³/mol. The highest BCUT2D eigenvalue weighted by Crippen LogP contribution is 2.41. The molecule has 270 valence electrons. The van der Waals surface area contributed by atoms with E-state index in [1.54, 1.807) is 36.4 Å². The third kappa shape index (κ3) is 8.31. The molecule has 4 heterocycles. The first-order valence-corrected chi connectivity index (χ1v) is 17.3. The molecule has 14 heteroatoms. The van der Waals surface area contributed by atoms with E-state index in [0.29, 0.717) is 42.6 Å². The fourth-order valence-corrected chi connectivity index (χ4v) is 6.74. The molecule has 2 aliphatic heterocycles. The molecule has 1 unspecified atom stereocenters. The number of aromatic amines is 1.